The summed E-state index contributed by atoms with van der Waals surface area (Å²) in [4.78, 5) is 2.00. The maximum atomic E-state index is 13.7. The molecular formula is C15H15FN4O. The lowest BCUT2D eigenvalue weighted by molar-refractivity contribution is 0.0274. The molecule has 1 saturated heterocycles. The minimum Gasteiger partial charge on any atom is -0.373 e. The zero-order valence-corrected chi connectivity index (χ0v) is 11.4. The van der Waals surface area contributed by atoms with Crippen LogP contribution in [0.3, 0.4) is 0 Å². The minimum absolute atomic E-state index is 0.0338. The lowest BCUT2D eigenvalue weighted by Gasteiger charge is -2.35. The molecule has 2 heterocycles. The molecule has 1 atom stereocenters. The number of rotatable bonds is 3. The molecule has 3 rings (SSSR count). The number of anilines is 1. The second kappa shape index (κ2) is 5.94. The second-order valence-electron chi connectivity index (χ2n) is 4.91. The fraction of sp³-hybridized carbons (Fsp3) is 0.333. The van der Waals surface area contributed by atoms with Crippen LogP contribution in [-0.4, -0.2) is 35.6 Å². The van der Waals surface area contributed by atoms with Gasteiger partial charge in [0.2, 0.25) is 0 Å². The van der Waals surface area contributed by atoms with Crippen molar-refractivity contribution in [2.75, 3.05) is 24.6 Å². The molecule has 5 nitrogen and oxygen atoms in total. The van der Waals surface area contributed by atoms with E-state index >= 15 is 0 Å². The lowest BCUT2D eigenvalue weighted by atomic mass is 10.1. The highest BCUT2D eigenvalue weighted by Gasteiger charge is 2.23. The van der Waals surface area contributed by atoms with E-state index in [9.17, 15) is 4.39 Å². The molecule has 0 N–H and O–H groups in total. The maximum absolute atomic E-state index is 13.7. The first-order chi connectivity index (χ1) is 10.3. The number of halogens is 1. The zero-order valence-electron chi connectivity index (χ0n) is 11.4. The number of nitriles is 1. The van der Waals surface area contributed by atoms with Crippen LogP contribution in [0.5, 0.6) is 0 Å². The number of benzene rings is 1. The summed E-state index contributed by atoms with van der Waals surface area (Å²) in [6, 6.07) is 8.52. The molecule has 1 aromatic heterocycles. The highest BCUT2D eigenvalue weighted by atomic mass is 19.1. The molecule has 0 unspecified atom stereocenters. The van der Waals surface area contributed by atoms with Gasteiger partial charge in [0.1, 0.15) is 17.4 Å². The van der Waals surface area contributed by atoms with Crippen molar-refractivity contribution in [1.82, 2.24) is 9.78 Å². The minimum atomic E-state index is -0.481. The van der Waals surface area contributed by atoms with E-state index in [1.54, 1.807) is 18.3 Å². The Hall–Kier alpha value is -2.39. The molecule has 1 aliphatic heterocycles. The predicted molar refractivity (Wildman–Crippen MR) is 75.3 cm³/mol. The van der Waals surface area contributed by atoms with Gasteiger partial charge in [-0.05, 0) is 18.2 Å². The van der Waals surface area contributed by atoms with E-state index in [1.165, 1.54) is 6.07 Å². The first kappa shape index (κ1) is 13.6. The largest absolute Gasteiger partial charge is 0.373 e. The van der Waals surface area contributed by atoms with Crippen molar-refractivity contribution in [3.05, 3.63) is 48.0 Å². The molecule has 108 valence electrons. The van der Waals surface area contributed by atoms with Gasteiger partial charge in [0.05, 0.1) is 24.9 Å². The predicted octanol–water partition coefficient (Wildman–Crippen LogP) is 1.80. The van der Waals surface area contributed by atoms with Crippen LogP contribution in [-0.2, 0) is 11.3 Å². The van der Waals surface area contributed by atoms with Crippen molar-refractivity contribution in [1.29, 1.82) is 5.26 Å². The van der Waals surface area contributed by atoms with Crippen LogP contribution in [0.25, 0.3) is 0 Å². The molecule has 0 bridgehead atoms. The number of hydrogen-bond donors (Lipinski definition) is 0. The van der Waals surface area contributed by atoms with E-state index in [0.717, 1.165) is 0 Å². The monoisotopic (exact) mass is 286 g/mol. The number of hydrogen-bond acceptors (Lipinski definition) is 4. The van der Waals surface area contributed by atoms with Crippen molar-refractivity contribution in [2.45, 2.75) is 12.6 Å². The van der Waals surface area contributed by atoms with E-state index < -0.39 is 5.82 Å². The fourth-order valence-electron chi connectivity index (χ4n) is 2.55. The van der Waals surface area contributed by atoms with Gasteiger partial charge < -0.3 is 9.64 Å². The second-order valence-corrected chi connectivity index (χ2v) is 4.91. The average molecular weight is 286 g/mol. The van der Waals surface area contributed by atoms with E-state index in [2.05, 4.69) is 5.10 Å². The van der Waals surface area contributed by atoms with E-state index in [1.807, 2.05) is 27.9 Å². The molecule has 0 amide bonds. The normalized spacial score (nSPS) is 18.5. The summed E-state index contributed by atoms with van der Waals surface area (Å²) in [5.74, 6) is -0.481. The molecule has 0 radical (unpaired) electrons. The van der Waals surface area contributed by atoms with Gasteiger partial charge in [-0.15, -0.1) is 0 Å². The van der Waals surface area contributed by atoms with Crippen LogP contribution in [0.15, 0.2) is 36.7 Å². The van der Waals surface area contributed by atoms with Gasteiger partial charge in [-0.25, -0.2) is 4.39 Å². The van der Waals surface area contributed by atoms with Gasteiger partial charge in [0, 0.05) is 25.5 Å². The summed E-state index contributed by atoms with van der Waals surface area (Å²) in [6.45, 7) is 2.44. The van der Waals surface area contributed by atoms with E-state index in [0.29, 0.717) is 31.9 Å². The first-order valence-corrected chi connectivity index (χ1v) is 6.80. The number of aromatic nitrogens is 2. The summed E-state index contributed by atoms with van der Waals surface area (Å²) in [5, 5.41) is 13.3. The molecule has 0 saturated carbocycles. The first-order valence-electron chi connectivity index (χ1n) is 6.80. The van der Waals surface area contributed by atoms with Gasteiger partial charge in [-0.1, -0.05) is 6.07 Å². The molecule has 1 aromatic carbocycles. The van der Waals surface area contributed by atoms with Gasteiger partial charge in [0.15, 0.2) is 0 Å². The number of morpholine rings is 1. The summed E-state index contributed by atoms with van der Waals surface area (Å²) >= 11 is 0. The van der Waals surface area contributed by atoms with Crippen LogP contribution >= 0.6 is 0 Å². The van der Waals surface area contributed by atoms with Gasteiger partial charge >= 0.3 is 0 Å². The molecule has 2 aromatic rings. The average Bonchev–Trinajstić information content (AvgIpc) is 3.00. The zero-order chi connectivity index (χ0) is 14.7. The summed E-state index contributed by atoms with van der Waals surface area (Å²) in [5.41, 5.74) is 0.725. The Morgan fingerprint density at radius 1 is 1.43 bits per heavy atom. The Balaban J connectivity index is 1.77. The van der Waals surface area contributed by atoms with Gasteiger partial charge in [-0.2, -0.15) is 10.4 Å². The third kappa shape index (κ3) is 2.88. The third-order valence-corrected chi connectivity index (χ3v) is 3.53. The Bertz CT molecular complexity index is 650. The SMILES string of the molecule is N#Cc1c(F)cccc1N1CCO[C@@H](Cn2cccn2)C1. The maximum Gasteiger partial charge on any atom is 0.143 e. The van der Waals surface area contributed by atoms with Gasteiger partial charge in [0.25, 0.3) is 0 Å². The number of ether oxygens (including phenoxy) is 1. The molecular weight excluding hydrogens is 271 g/mol. The standard InChI is InChI=1S/C15H15FN4O/c16-14-3-1-4-15(13(14)9-17)19-7-8-21-12(10-19)11-20-6-2-5-18-20/h1-6,12H,7-8,10-11H2/t12-/m1/s1. The lowest BCUT2D eigenvalue weighted by Crippen LogP contribution is -2.44. The molecule has 1 aliphatic rings. The van der Waals surface area contributed by atoms with Crippen LogP contribution in [0.4, 0.5) is 10.1 Å². The highest BCUT2D eigenvalue weighted by Crippen LogP contribution is 2.24. The van der Waals surface area contributed by atoms with Crippen LogP contribution in [0.1, 0.15) is 5.56 Å². The molecule has 6 heteroatoms. The summed E-state index contributed by atoms with van der Waals surface area (Å²) in [6.07, 6.45) is 3.57. The summed E-state index contributed by atoms with van der Waals surface area (Å²) < 4.78 is 21.3. The summed E-state index contributed by atoms with van der Waals surface area (Å²) in [7, 11) is 0. The van der Waals surface area contributed by atoms with Gasteiger partial charge in [-0.3, -0.25) is 4.68 Å². The molecule has 0 aliphatic carbocycles. The van der Waals surface area contributed by atoms with E-state index in [-0.39, 0.29) is 11.7 Å². The Labute approximate surface area is 122 Å². The van der Waals surface area contributed by atoms with Crippen molar-refractivity contribution in [2.24, 2.45) is 0 Å². The van der Waals surface area contributed by atoms with Crippen LogP contribution < -0.4 is 4.90 Å². The number of nitrogens with zero attached hydrogens (tertiary/aromatic N) is 4. The van der Waals surface area contributed by atoms with Crippen molar-refractivity contribution in [3.8, 4) is 6.07 Å². The third-order valence-electron chi connectivity index (χ3n) is 3.53. The van der Waals surface area contributed by atoms with E-state index in [4.69, 9.17) is 10.00 Å². The fourth-order valence-corrected chi connectivity index (χ4v) is 2.55. The Kier molecular flexibility index (Phi) is 3.84. The van der Waals surface area contributed by atoms with Crippen LogP contribution in [0.2, 0.25) is 0 Å². The molecule has 0 spiro atoms. The Morgan fingerprint density at radius 2 is 2.33 bits per heavy atom. The Morgan fingerprint density at radius 3 is 3.10 bits per heavy atom. The van der Waals surface area contributed by atoms with Crippen molar-refractivity contribution < 1.29 is 9.13 Å². The molecule has 1 fully saturated rings. The highest BCUT2D eigenvalue weighted by molar-refractivity contribution is 5.60. The topological polar surface area (TPSA) is 54.1 Å². The smallest absolute Gasteiger partial charge is 0.143 e. The van der Waals surface area contributed by atoms with Crippen molar-refractivity contribution >= 4 is 5.69 Å². The quantitative estimate of drug-likeness (QED) is 0.863. The molecule has 21 heavy (non-hydrogen) atoms. The van der Waals surface area contributed by atoms with Crippen molar-refractivity contribution in [3.63, 3.8) is 0 Å². The van der Waals surface area contributed by atoms with Crippen LogP contribution in [0, 0.1) is 17.1 Å².